The molecule has 0 spiro atoms. The van der Waals surface area contributed by atoms with E-state index in [0.717, 1.165) is 37.3 Å². The number of fused-ring (bicyclic) bond motifs is 1. The maximum absolute atomic E-state index is 13.2. The zero-order chi connectivity index (χ0) is 24.4. The average molecular weight is 470 g/mol. The maximum Gasteiger partial charge on any atom is 0.259 e. The molecule has 4 aromatic rings. The van der Waals surface area contributed by atoms with Crippen molar-refractivity contribution in [1.82, 2.24) is 25.3 Å². The van der Waals surface area contributed by atoms with Crippen LogP contribution < -0.4 is 5.32 Å². The van der Waals surface area contributed by atoms with E-state index < -0.39 is 0 Å². The topological polar surface area (TPSA) is 91.6 Å². The minimum atomic E-state index is -0.238. The lowest BCUT2D eigenvalue weighted by molar-refractivity contribution is 0.0664. The number of amides is 2. The van der Waals surface area contributed by atoms with E-state index in [1.165, 1.54) is 0 Å². The molecule has 0 radical (unpaired) electrons. The highest BCUT2D eigenvalue weighted by Gasteiger charge is 2.21. The van der Waals surface area contributed by atoms with Gasteiger partial charge in [0.2, 0.25) is 0 Å². The minimum Gasteiger partial charge on any atom is -0.348 e. The number of pyridine rings is 1. The number of rotatable bonds is 5. The molecule has 1 aliphatic heterocycles. The molecule has 0 atom stereocenters. The lowest BCUT2D eigenvalue weighted by atomic mass is 10.0. The summed E-state index contributed by atoms with van der Waals surface area (Å²) < 4.78 is 5.38. The van der Waals surface area contributed by atoms with E-state index in [2.05, 4.69) is 27.4 Å². The van der Waals surface area contributed by atoms with Gasteiger partial charge < -0.3 is 19.6 Å². The monoisotopic (exact) mass is 469 g/mol. The summed E-state index contributed by atoms with van der Waals surface area (Å²) >= 11 is 0. The summed E-state index contributed by atoms with van der Waals surface area (Å²) in [5.41, 5.74) is 4.51. The van der Waals surface area contributed by atoms with Gasteiger partial charge in [-0.1, -0.05) is 47.6 Å². The molecule has 1 saturated heterocycles. The summed E-state index contributed by atoms with van der Waals surface area (Å²) in [6, 6.07) is 18.8. The molecule has 0 unspecified atom stereocenters. The zero-order valence-electron chi connectivity index (χ0n) is 19.8. The third kappa shape index (κ3) is 4.79. The predicted molar refractivity (Wildman–Crippen MR) is 133 cm³/mol. The largest absolute Gasteiger partial charge is 0.348 e. The summed E-state index contributed by atoms with van der Waals surface area (Å²) in [5.74, 6) is -0.192. The summed E-state index contributed by atoms with van der Waals surface area (Å²) in [6.07, 6.45) is 0. The van der Waals surface area contributed by atoms with Crippen molar-refractivity contribution in [3.63, 3.8) is 0 Å². The Morgan fingerprint density at radius 1 is 1.00 bits per heavy atom. The van der Waals surface area contributed by atoms with Gasteiger partial charge in [0.05, 0.1) is 22.3 Å². The quantitative estimate of drug-likeness (QED) is 0.481. The van der Waals surface area contributed by atoms with Crippen LogP contribution in [0.2, 0.25) is 0 Å². The molecule has 2 aromatic carbocycles. The molecule has 0 saturated carbocycles. The number of benzene rings is 2. The first kappa shape index (κ1) is 22.7. The molecule has 8 heteroatoms. The van der Waals surface area contributed by atoms with Crippen molar-refractivity contribution in [2.45, 2.75) is 13.5 Å². The molecule has 1 aliphatic rings. The third-order valence-electron chi connectivity index (χ3n) is 6.38. The molecule has 1 fully saturated rings. The fourth-order valence-electron chi connectivity index (χ4n) is 4.27. The van der Waals surface area contributed by atoms with Crippen LogP contribution in [0.25, 0.3) is 22.4 Å². The molecule has 1 N–H and O–H groups in total. The molecule has 0 bridgehead atoms. The van der Waals surface area contributed by atoms with Crippen LogP contribution in [-0.2, 0) is 6.54 Å². The highest BCUT2D eigenvalue weighted by atomic mass is 16.5. The van der Waals surface area contributed by atoms with Gasteiger partial charge in [-0.05, 0) is 37.7 Å². The Morgan fingerprint density at radius 3 is 2.43 bits per heavy atom. The van der Waals surface area contributed by atoms with Crippen molar-refractivity contribution < 1.29 is 14.1 Å². The highest BCUT2D eigenvalue weighted by Crippen LogP contribution is 2.27. The summed E-state index contributed by atoms with van der Waals surface area (Å²) in [5, 5.41) is 7.59. The second-order valence-electron chi connectivity index (χ2n) is 8.84. The Hall–Kier alpha value is -4.04. The number of piperazine rings is 1. The molecular formula is C27H27N5O3. The van der Waals surface area contributed by atoms with Gasteiger partial charge >= 0.3 is 0 Å². The Bertz CT molecular complexity index is 1360. The number of likely N-dealkylation sites (N-methyl/N-ethyl adjacent to an activating group) is 1. The Morgan fingerprint density at radius 2 is 1.71 bits per heavy atom. The number of carbonyl (C=O) groups is 2. The number of hydrogen-bond acceptors (Lipinski definition) is 6. The Labute approximate surface area is 203 Å². The summed E-state index contributed by atoms with van der Waals surface area (Å²) in [7, 11) is 2.06. The number of hydrogen-bond donors (Lipinski definition) is 1. The SMILES string of the molecule is Cc1noc2nc(-c3ccccc3)cc(C(=O)NCc3ccc(C(=O)N4CCN(C)CC4)cc3)c12. The van der Waals surface area contributed by atoms with Crippen molar-refractivity contribution in [2.24, 2.45) is 0 Å². The number of aryl methyl sites for hydroxylation is 1. The van der Waals surface area contributed by atoms with Gasteiger partial charge in [0.25, 0.3) is 17.5 Å². The number of nitrogens with one attached hydrogen (secondary N) is 1. The minimum absolute atomic E-state index is 0.0456. The van der Waals surface area contributed by atoms with Crippen LogP contribution in [0.5, 0.6) is 0 Å². The van der Waals surface area contributed by atoms with Crippen LogP contribution in [0.4, 0.5) is 0 Å². The van der Waals surface area contributed by atoms with Gasteiger partial charge in [0.15, 0.2) is 0 Å². The van der Waals surface area contributed by atoms with Gasteiger partial charge in [-0.2, -0.15) is 0 Å². The molecule has 5 rings (SSSR count). The first-order valence-electron chi connectivity index (χ1n) is 11.7. The summed E-state index contributed by atoms with van der Waals surface area (Å²) in [4.78, 5) is 34.6. The van der Waals surface area contributed by atoms with Crippen LogP contribution in [0.15, 0.2) is 65.2 Å². The summed E-state index contributed by atoms with van der Waals surface area (Å²) in [6.45, 7) is 5.37. The Kier molecular flexibility index (Phi) is 6.29. The molecule has 2 amide bonds. The van der Waals surface area contributed by atoms with Crippen LogP contribution in [0.1, 0.15) is 32.0 Å². The van der Waals surface area contributed by atoms with Gasteiger partial charge in [-0.3, -0.25) is 9.59 Å². The van der Waals surface area contributed by atoms with Crippen LogP contribution in [0.3, 0.4) is 0 Å². The second-order valence-corrected chi connectivity index (χ2v) is 8.84. The van der Waals surface area contributed by atoms with Crippen LogP contribution in [-0.4, -0.2) is 65.0 Å². The highest BCUT2D eigenvalue weighted by molar-refractivity contribution is 6.07. The van der Waals surface area contributed by atoms with Crippen molar-refractivity contribution in [1.29, 1.82) is 0 Å². The fourth-order valence-corrected chi connectivity index (χ4v) is 4.27. The molecule has 0 aliphatic carbocycles. The van der Waals surface area contributed by atoms with E-state index in [1.807, 2.05) is 59.5 Å². The van der Waals surface area contributed by atoms with Crippen molar-refractivity contribution in [3.05, 3.63) is 83.0 Å². The van der Waals surface area contributed by atoms with Gasteiger partial charge in [-0.25, -0.2) is 4.98 Å². The van der Waals surface area contributed by atoms with E-state index in [-0.39, 0.29) is 11.8 Å². The van der Waals surface area contributed by atoms with Crippen LogP contribution >= 0.6 is 0 Å². The maximum atomic E-state index is 13.2. The lowest BCUT2D eigenvalue weighted by Crippen LogP contribution is -2.47. The van der Waals surface area contributed by atoms with Gasteiger partial charge in [0, 0.05) is 43.9 Å². The van der Waals surface area contributed by atoms with E-state index in [9.17, 15) is 9.59 Å². The zero-order valence-corrected chi connectivity index (χ0v) is 19.8. The second kappa shape index (κ2) is 9.68. The lowest BCUT2D eigenvalue weighted by Gasteiger charge is -2.32. The first-order valence-corrected chi connectivity index (χ1v) is 11.7. The molecule has 3 heterocycles. The van der Waals surface area contributed by atoms with Gasteiger partial charge in [0.1, 0.15) is 0 Å². The number of carbonyl (C=O) groups excluding carboxylic acids is 2. The smallest absolute Gasteiger partial charge is 0.259 e. The van der Waals surface area contributed by atoms with E-state index in [4.69, 9.17) is 4.52 Å². The van der Waals surface area contributed by atoms with Crippen molar-refractivity contribution in [3.8, 4) is 11.3 Å². The number of aromatic nitrogens is 2. The van der Waals surface area contributed by atoms with E-state index in [1.54, 1.807) is 13.0 Å². The fraction of sp³-hybridized carbons (Fsp3) is 0.259. The van der Waals surface area contributed by atoms with E-state index >= 15 is 0 Å². The molecular weight excluding hydrogens is 442 g/mol. The van der Waals surface area contributed by atoms with Crippen molar-refractivity contribution >= 4 is 22.9 Å². The van der Waals surface area contributed by atoms with Crippen LogP contribution in [0, 0.1) is 6.92 Å². The molecule has 8 nitrogen and oxygen atoms in total. The predicted octanol–water partition coefficient (Wildman–Crippen LogP) is 3.52. The number of nitrogens with zero attached hydrogens (tertiary/aromatic N) is 4. The Balaban J connectivity index is 1.31. The van der Waals surface area contributed by atoms with E-state index in [0.29, 0.717) is 40.2 Å². The average Bonchev–Trinajstić information content (AvgIpc) is 3.28. The molecule has 35 heavy (non-hydrogen) atoms. The molecule has 178 valence electrons. The first-order chi connectivity index (χ1) is 17.0. The third-order valence-corrected chi connectivity index (χ3v) is 6.38. The molecule has 2 aromatic heterocycles. The van der Waals surface area contributed by atoms with Crippen molar-refractivity contribution in [2.75, 3.05) is 33.2 Å². The normalized spacial score (nSPS) is 14.3. The standard InChI is InChI=1S/C27H27N5O3/c1-18-24-22(16-23(29-26(24)35-30-18)20-6-4-3-5-7-20)25(33)28-17-19-8-10-21(11-9-19)27(34)32-14-12-31(2)13-15-32/h3-11,16H,12-15,17H2,1-2H3,(H,28,33). The van der Waals surface area contributed by atoms with Gasteiger partial charge in [-0.15, -0.1) is 0 Å².